The normalized spacial score (nSPS) is 18.1. The summed E-state index contributed by atoms with van der Waals surface area (Å²) in [4.78, 5) is 22.5. The van der Waals surface area contributed by atoms with Crippen LogP contribution in [0.1, 0.15) is 12.8 Å². The highest BCUT2D eigenvalue weighted by molar-refractivity contribution is 5.97. The van der Waals surface area contributed by atoms with Crippen LogP contribution in [0.15, 0.2) is 0 Å². The number of rotatable bonds is 1. The fourth-order valence-corrected chi connectivity index (χ4v) is 0.997. The number of aliphatic hydroxyl groups excluding tert-OH is 1. The van der Waals surface area contributed by atoms with Crippen LogP contribution in [0, 0.1) is 0 Å². The van der Waals surface area contributed by atoms with Crippen LogP contribution in [0.4, 0.5) is 0 Å². The summed E-state index contributed by atoms with van der Waals surface area (Å²) in [7, 11) is 0. The second-order valence-corrected chi connectivity index (χ2v) is 2.20. The van der Waals surface area contributed by atoms with E-state index in [4.69, 9.17) is 5.11 Å². The SMILES string of the molecule is O=C(CO)N1CCCC1=O. The molecule has 0 radical (unpaired) electrons. The van der Waals surface area contributed by atoms with Crippen LogP contribution in [0.25, 0.3) is 0 Å². The van der Waals surface area contributed by atoms with Crippen LogP contribution in [-0.4, -0.2) is 35.0 Å². The third kappa shape index (κ3) is 1.16. The van der Waals surface area contributed by atoms with Crippen molar-refractivity contribution < 1.29 is 14.7 Å². The highest BCUT2D eigenvalue weighted by Gasteiger charge is 2.25. The van der Waals surface area contributed by atoms with Gasteiger partial charge in [0.2, 0.25) is 5.91 Å². The van der Waals surface area contributed by atoms with Gasteiger partial charge in [-0.1, -0.05) is 0 Å². The van der Waals surface area contributed by atoms with E-state index >= 15 is 0 Å². The first-order valence-corrected chi connectivity index (χ1v) is 3.20. The van der Waals surface area contributed by atoms with Gasteiger partial charge in [-0.2, -0.15) is 0 Å². The van der Waals surface area contributed by atoms with Gasteiger partial charge in [0.05, 0.1) is 0 Å². The van der Waals surface area contributed by atoms with Gasteiger partial charge in [0.1, 0.15) is 6.61 Å². The van der Waals surface area contributed by atoms with E-state index in [1.165, 1.54) is 0 Å². The van der Waals surface area contributed by atoms with E-state index in [1.54, 1.807) is 0 Å². The molecule has 4 heteroatoms. The second kappa shape index (κ2) is 2.79. The molecule has 4 nitrogen and oxygen atoms in total. The zero-order chi connectivity index (χ0) is 7.56. The van der Waals surface area contributed by atoms with Gasteiger partial charge in [-0.05, 0) is 6.42 Å². The molecule has 2 amide bonds. The van der Waals surface area contributed by atoms with Crippen LogP contribution in [0.2, 0.25) is 0 Å². The minimum atomic E-state index is -0.564. The molecule has 56 valence electrons. The maximum Gasteiger partial charge on any atom is 0.254 e. The largest absolute Gasteiger partial charge is 0.387 e. The zero-order valence-electron chi connectivity index (χ0n) is 5.54. The molecule has 1 aliphatic rings. The molecule has 0 saturated carbocycles. The first-order valence-electron chi connectivity index (χ1n) is 3.20. The number of hydrogen-bond acceptors (Lipinski definition) is 3. The maximum absolute atomic E-state index is 10.8. The summed E-state index contributed by atoms with van der Waals surface area (Å²) in [5, 5.41) is 8.37. The van der Waals surface area contributed by atoms with Crippen molar-refractivity contribution in [2.24, 2.45) is 0 Å². The Hall–Kier alpha value is -0.900. The Labute approximate surface area is 58.4 Å². The van der Waals surface area contributed by atoms with Gasteiger partial charge in [-0.15, -0.1) is 0 Å². The average Bonchev–Trinajstić information content (AvgIpc) is 2.34. The van der Waals surface area contributed by atoms with E-state index in [9.17, 15) is 9.59 Å². The molecular weight excluding hydrogens is 134 g/mol. The van der Waals surface area contributed by atoms with E-state index in [2.05, 4.69) is 0 Å². The minimum absolute atomic E-state index is 0.168. The highest BCUT2D eigenvalue weighted by Crippen LogP contribution is 2.08. The summed E-state index contributed by atoms with van der Waals surface area (Å²) in [5.41, 5.74) is 0. The van der Waals surface area contributed by atoms with Crippen molar-refractivity contribution in [3.8, 4) is 0 Å². The Kier molecular flexibility index (Phi) is 2.01. The minimum Gasteiger partial charge on any atom is -0.387 e. The van der Waals surface area contributed by atoms with Crippen LogP contribution in [0.3, 0.4) is 0 Å². The lowest BCUT2D eigenvalue weighted by molar-refractivity contribution is -0.143. The maximum atomic E-state index is 10.8. The third-order valence-electron chi connectivity index (χ3n) is 1.51. The molecule has 0 aromatic heterocycles. The number of aliphatic hydroxyl groups is 1. The Morgan fingerprint density at radius 2 is 2.40 bits per heavy atom. The Morgan fingerprint density at radius 1 is 1.70 bits per heavy atom. The molecule has 10 heavy (non-hydrogen) atoms. The molecule has 0 aromatic rings. The molecule has 1 saturated heterocycles. The van der Waals surface area contributed by atoms with Crippen LogP contribution < -0.4 is 0 Å². The van der Waals surface area contributed by atoms with Crippen LogP contribution in [-0.2, 0) is 9.59 Å². The molecule has 0 unspecified atom stereocenters. The van der Waals surface area contributed by atoms with Crippen LogP contribution in [0.5, 0.6) is 0 Å². The lowest BCUT2D eigenvalue weighted by Gasteiger charge is -2.10. The monoisotopic (exact) mass is 143 g/mol. The predicted molar refractivity (Wildman–Crippen MR) is 33.0 cm³/mol. The van der Waals surface area contributed by atoms with Crippen molar-refractivity contribution >= 4 is 11.8 Å². The Morgan fingerprint density at radius 3 is 2.80 bits per heavy atom. The molecule has 1 N–H and O–H groups in total. The van der Waals surface area contributed by atoms with Gasteiger partial charge in [-0.3, -0.25) is 14.5 Å². The van der Waals surface area contributed by atoms with Crippen molar-refractivity contribution in [3.05, 3.63) is 0 Å². The highest BCUT2D eigenvalue weighted by atomic mass is 16.3. The van der Waals surface area contributed by atoms with E-state index in [-0.39, 0.29) is 5.91 Å². The molecular formula is C6H9NO3. The van der Waals surface area contributed by atoms with Crippen molar-refractivity contribution in [3.63, 3.8) is 0 Å². The topological polar surface area (TPSA) is 57.6 Å². The predicted octanol–water partition coefficient (Wildman–Crippen LogP) is -0.872. The molecule has 1 fully saturated rings. The van der Waals surface area contributed by atoms with Gasteiger partial charge >= 0.3 is 0 Å². The number of nitrogens with zero attached hydrogens (tertiary/aromatic N) is 1. The van der Waals surface area contributed by atoms with E-state index < -0.39 is 12.5 Å². The fraction of sp³-hybridized carbons (Fsp3) is 0.667. The van der Waals surface area contributed by atoms with E-state index in [0.29, 0.717) is 13.0 Å². The van der Waals surface area contributed by atoms with Crippen molar-refractivity contribution in [2.45, 2.75) is 12.8 Å². The lowest BCUT2D eigenvalue weighted by Crippen LogP contribution is -2.33. The number of hydrogen-bond donors (Lipinski definition) is 1. The van der Waals surface area contributed by atoms with Gasteiger partial charge < -0.3 is 5.11 Å². The number of carbonyl (C=O) groups excluding carboxylic acids is 2. The van der Waals surface area contributed by atoms with Crippen molar-refractivity contribution in [2.75, 3.05) is 13.2 Å². The molecule has 0 bridgehead atoms. The number of likely N-dealkylation sites (tertiary alicyclic amines) is 1. The van der Waals surface area contributed by atoms with E-state index in [1.807, 2.05) is 0 Å². The van der Waals surface area contributed by atoms with Crippen molar-refractivity contribution in [1.29, 1.82) is 0 Å². The number of imide groups is 1. The molecule has 0 aliphatic carbocycles. The van der Waals surface area contributed by atoms with Crippen molar-refractivity contribution in [1.82, 2.24) is 4.90 Å². The smallest absolute Gasteiger partial charge is 0.254 e. The quantitative estimate of drug-likeness (QED) is 0.519. The number of amides is 2. The van der Waals surface area contributed by atoms with Gasteiger partial charge in [0, 0.05) is 13.0 Å². The standard InChI is InChI=1S/C6H9NO3/c8-4-6(10)7-3-1-2-5(7)9/h8H,1-4H2. The number of carbonyl (C=O) groups is 2. The first-order chi connectivity index (χ1) is 4.75. The molecule has 1 aliphatic heterocycles. The summed E-state index contributed by atoms with van der Waals surface area (Å²) in [5.74, 6) is -0.651. The van der Waals surface area contributed by atoms with Crippen LogP contribution >= 0.6 is 0 Å². The first kappa shape index (κ1) is 7.21. The third-order valence-corrected chi connectivity index (χ3v) is 1.51. The van der Waals surface area contributed by atoms with Gasteiger partial charge in [0.25, 0.3) is 5.91 Å². The summed E-state index contributed by atoms with van der Waals surface area (Å²) < 4.78 is 0. The second-order valence-electron chi connectivity index (χ2n) is 2.20. The zero-order valence-corrected chi connectivity index (χ0v) is 5.54. The summed E-state index contributed by atoms with van der Waals surface area (Å²) >= 11 is 0. The molecule has 0 spiro atoms. The van der Waals surface area contributed by atoms with E-state index in [0.717, 1.165) is 11.3 Å². The summed E-state index contributed by atoms with van der Waals surface area (Å²) in [6, 6.07) is 0. The Balaban J connectivity index is 2.55. The van der Waals surface area contributed by atoms with Gasteiger partial charge in [-0.25, -0.2) is 0 Å². The lowest BCUT2D eigenvalue weighted by atomic mass is 10.4. The van der Waals surface area contributed by atoms with Gasteiger partial charge in [0.15, 0.2) is 0 Å². The average molecular weight is 143 g/mol. The Bertz CT molecular complexity index is 166. The fourth-order valence-electron chi connectivity index (χ4n) is 0.997. The summed E-state index contributed by atoms with van der Waals surface area (Å²) in [6.07, 6.45) is 1.16. The molecule has 0 atom stereocenters. The molecule has 0 aromatic carbocycles. The molecule has 1 heterocycles. The molecule has 1 rings (SSSR count). The summed E-state index contributed by atoms with van der Waals surface area (Å²) in [6.45, 7) is -0.0933.